The van der Waals surface area contributed by atoms with E-state index in [4.69, 9.17) is 30.5 Å². The molecular weight excluding hydrogens is 670 g/mol. The van der Waals surface area contributed by atoms with E-state index >= 15 is 0 Å². The smallest absolute Gasteiger partial charge is 0.416 e. The van der Waals surface area contributed by atoms with Crippen LogP contribution in [0.3, 0.4) is 0 Å². The summed E-state index contributed by atoms with van der Waals surface area (Å²) < 4.78 is 24.5. The third-order valence-electron chi connectivity index (χ3n) is 10.5. The van der Waals surface area contributed by atoms with Gasteiger partial charge in [-0.05, 0) is 85.9 Å². The number of anilines is 2. The summed E-state index contributed by atoms with van der Waals surface area (Å²) in [7, 11) is 0. The Bertz CT molecular complexity index is 1790. The molecule has 7 rings (SSSR count). The van der Waals surface area contributed by atoms with Gasteiger partial charge >= 0.3 is 6.09 Å². The first kappa shape index (κ1) is 35.3. The fraction of sp³-hybridized carbons (Fsp3) is 0.475. The molecule has 270 valence electrons. The largest absolute Gasteiger partial charge is 0.493 e. The van der Waals surface area contributed by atoms with Crippen LogP contribution >= 0.6 is 11.6 Å². The molecule has 4 aliphatic heterocycles. The first-order chi connectivity index (χ1) is 24.9. The van der Waals surface area contributed by atoms with Gasteiger partial charge < -0.3 is 28.7 Å². The van der Waals surface area contributed by atoms with E-state index in [0.717, 1.165) is 53.3 Å². The molecule has 4 atom stereocenters. The van der Waals surface area contributed by atoms with E-state index in [0.29, 0.717) is 61.8 Å². The number of halogens is 1. The number of carbonyl (C=O) groups excluding carboxylic acids is 3. The maximum atomic E-state index is 14.2. The molecule has 0 bridgehead atoms. The molecule has 0 aliphatic carbocycles. The Labute approximate surface area is 304 Å². The summed E-state index contributed by atoms with van der Waals surface area (Å²) in [5, 5.41) is 2.27. The molecule has 4 heterocycles. The zero-order valence-electron chi connectivity index (χ0n) is 29.2. The monoisotopic (exact) mass is 715 g/mol. The fourth-order valence-corrected chi connectivity index (χ4v) is 8.21. The lowest BCUT2D eigenvalue weighted by molar-refractivity contribution is -0.198. The number of fused-ring (bicyclic) bond motifs is 5. The Morgan fingerprint density at radius 3 is 2.71 bits per heavy atom. The number of ether oxygens (including phenoxy) is 4. The van der Waals surface area contributed by atoms with Crippen molar-refractivity contribution in [3.05, 3.63) is 77.9 Å². The number of piperidine rings is 1. The van der Waals surface area contributed by atoms with Crippen LogP contribution in [-0.4, -0.2) is 80.2 Å². The van der Waals surface area contributed by atoms with E-state index < -0.39 is 18.6 Å². The zero-order chi connectivity index (χ0) is 35.5. The first-order valence-electron chi connectivity index (χ1n) is 18.2. The zero-order valence-corrected chi connectivity index (χ0v) is 29.9. The van der Waals surface area contributed by atoms with E-state index in [1.807, 2.05) is 34.9 Å². The Morgan fingerprint density at radius 2 is 1.90 bits per heavy atom. The number of carbonyl (C=O) groups is 3. The van der Waals surface area contributed by atoms with Crippen LogP contribution in [0, 0.1) is 6.92 Å². The topological polar surface area (TPSA) is 97.9 Å². The van der Waals surface area contributed by atoms with Gasteiger partial charge in [0.25, 0.3) is 5.91 Å². The second-order valence-corrected chi connectivity index (χ2v) is 14.1. The molecule has 2 saturated heterocycles. The molecule has 3 aromatic rings. The molecule has 3 amide bonds. The van der Waals surface area contributed by atoms with Crippen LogP contribution in [0.2, 0.25) is 0 Å². The van der Waals surface area contributed by atoms with Crippen molar-refractivity contribution in [2.24, 2.45) is 0 Å². The van der Waals surface area contributed by atoms with Crippen molar-refractivity contribution in [1.82, 2.24) is 4.90 Å². The van der Waals surface area contributed by atoms with Gasteiger partial charge in [-0.1, -0.05) is 43.0 Å². The van der Waals surface area contributed by atoms with Crippen molar-refractivity contribution in [1.29, 1.82) is 0 Å². The highest BCUT2D eigenvalue weighted by molar-refractivity contribution is 6.19. The number of benzene rings is 3. The number of aryl methyl sites for hydroxylation is 1. The summed E-state index contributed by atoms with van der Waals surface area (Å²) >= 11 is 6.40. The lowest BCUT2D eigenvalue weighted by Crippen LogP contribution is -2.57. The van der Waals surface area contributed by atoms with Crippen molar-refractivity contribution >= 4 is 51.7 Å². The number of rotatable bonds is 10. The van der Waals surface area contributed by atoms with Gasteiger partial charge in [0.1, 0.15) is 12.4 Å². The van der Waals surface area contributed by atoms with Gasteiger partial charge in [-0.3, -0.25) is 9.59 Å². The second-order valence-electron chi connectivity index (χ2n) is 13.8. The highest BCUT2D eigenvalue weighted by Crippen LogP contribution is 2.43. The standard InChI is InChI=1S/C40H46ClN3O7/c1-3-19-50-40(47)44-33-23-34(26(2)22-30(33)38(46)42-18-8-6-13-32(42)39(44)51-36-15-7-9-20-49-36)48-21-10-14-35(45)43-25-28(24-41)37-29-12-5-4-11-27(29)16-17-31(37)43/h3-5,11-12,16-17,22-23,28,32,36,39H,1,6-10,13-15,18-21,24-25H2,2H3/t28-,32+,36?,39?/m1/s1. The van der Waals surface area contributed by atoms with Gasteiger partial charge in [0, 0.05) is 49.7 Å². The summed E-state index contributed by atoms with van der Waals surface area (Å²) in [4.78, 5) is 46.8. The SMILES string of the molecule is C=CCOC(=O)N1c2cc(OCCCC(=O)N3C[C@@H](CCl)c4c3ccc3ccccc43)c(C)cc2C(=O)N2CCCC[C@H]2C1OC1CCCCO1. The highest BCUT2D eigenvalue weighted by Gasteiger charge is 2.46. The lowest BCUT2D eigenvalue weighted by Gasteiger charge is -2.42. The number of alkyl halides is 1. The quantitative estimate of drug-likeness (QED) is 0.121. The second kappa shape index (κ2) is 15.6. The van der Waals surface area contributed by atoms with E-state index in [1.54, 1.807) is 12.1 Å². The number of hydrogen-bond acceptors (Lipinski definition) is 7. The summed E-state index contributed by atoms with van der Waals surface area (Å²) in [5.41, 5.74) is 3.57. The predicted octanol–water partition coefficient (Wildman–Crippen LogP) is 7.68. The summed E-state index contributed by atoms with van der Waals surface area (Å²) in [6, 6.07) is 15.4. The molecule has 0 aromatic heterocycles. The van der Waals surface area contributed by atoms with Gasteiger partial charge in [0.15, 0.2) is 12.5 Å². The summed E-state index contributed by atoms with van der Waals surface area (Å²) in [6.07, 6.45) is 5.40. The average Bonchev–Trinajstić information content (AvgIpc) is 3.52. The van der Waals surface area contributed by atoms with Gasteiger partial charge in [-0.2, -0.15) is 0 Å². The molecule has 0 radical (unpaired) electrons. The third kappa shape index (κ3) is 7.06. The average molecular weight is 716 g/mol. The van der Waals surface area contributed by atoms with E-state index in [-0.39, 0.29) is 43.4 Å². The maximum Gasteiger partial charge on any atom is 0.416 e. The van der Waals surface area contributed by atoms with Crippen molar-refractivity contribution in [2.75, 3.05) is 48.6 Å². The molecule has 2 unspecified atom stereocenters. The molecule has 10 nitrogen and oxygen atoms in total. The minimum Gasteiger partial charge on any atom is -0.493 e. The molecule has 0 spiro atoms. The molecule has 0 saturated carbocycles. The Hall–Kier alpha value is -4.12. The fourth-order valence-electron chi connectivity index (χ4n) is 7.96. The minimum absolute atomic E-state index is 0.00620. The highest BCUT2D eigenvalue weighted by atomic mass is 35.5. The molecule has 4 aliphatic rings. The molecule has 51 heavy (non-hydrogen) atoms. The number of hydrogen-bond donors (Lipinski definition) is 0. The van der Waals surface area contributed by atoms with Crippen LogP contribution in [0.25, 0.3) is 10.8 Å². The Kier molecular flexibility index (Phi) is 10.8. The number of nitrogens with zero attached hydrogens (tertiary/aromatic N) is 3. The van der Waals surface area contributed by atoms with Crippen molar-refractivity contribution in [2.45, 2.75) is 82.8 Å². The molecule has 0 N–H and O–H groups in total. The van der Waals surface area contributed by atoms with Crippen molar-refractivity contribution in [3.63, 3.8) is 0 Å². The summed E-state index contributed by atoms with van der Waals surface area (Å²) in [6.45, 7) is 7.56. The van der Waals surface area contributed by atoms with Gasteiger partial charge in [-0.25, -0.2) is 9.69 Å². The molecular formula is C40H46ClN3O7. The normalized spacial score (nSPS) is 22.9. The van der Waals surface area contributed by atoms with E-state index in [2.05, 4.69) is 24.8 Å². The van der Waals surface area contributed by atoms with Gasteiger partial charge in [-0.15, -0.1) is 11.6 Å². The molecule has 11 heteroatoms. The van der Waals surface area contributed by atoms with Gasteiger partial charge in [0.05, 0.1) is 23.9 Å². The maximum absolute atomic E-state index is 14.2. The summed E-state index contributed by atoms with van der Waals surface area (Å²) in [5.74, 6) is 0.884. The van der Waals surface area contributed by atoms with Crippen LogP contribution < -0.4 is 14.5 Å². The van der Waals surface area contributed by atoms with Crippen LogP contribution in [0.15, 0.2) is 61.2 Å². The van der Waals surface area contributed by atoms with Crippen LogP contribution in [0.1, 0.15) is 78.8 Å². The molecule has 3 aromatic carbocycles. The predicted molar refractivity (Wildman–Crippen MR) is 197 cm³/mol. The Balaban J connectivity index is 1.11. The lowest BCUT2D eigenvalue weighted by atomic mass is 9.96. The Morgan fingerprint density at radius 1 is 1.06 bits per heavy atom. The van der Waals surface area contributed by atoms with Crippen molar-refractivity contribution in [3.8, 4) is 5.75 Å². The van der Waals surface area contributed by atoms with E-state index in [9.17, 15) is 14.4 Å². The van der Waals surface area contributed by atoms with Crippen LogP contribution in [0.4, 0.5) is 16.2 Å². The first-order valence-corrected chi connectivity index (χ1v) is 18.7. The van der Waals surface area contributed by atoms with Crippen LogP contribution in [-0.2, 0) is 19.0 Å². The third-order valence-corrected chi connectivity index (χ3v) is 10.8. The van der Waals surface area contributed by atoms with Crippen molar-refractivity contribution < 1.29 is 33.3 Å². The van der Waals surface area contributed by atoms with E-state index in [1.165, 1.54) is 11.0 Å². The minimum atomic E-state index is -0.818. The van der Waals surface area contributed by atoms with Gasteiger partial charge in [0.2, 0.25) is 5.91 Å². The molecule has 2 fully saturated rings. The number of amides is 3. The van der Waals surface area contributed by atoms with Crippen LogP contribution in [0.5, 0.6) is 5.75 Å².